The first-order chi connectivity index (χ1) is 36.0. The lowest BCUT2D eigenvalue weighted by atomic mass is 10.0. The van der Waals surface area contributed by atoms with Gasteiger partial charge in [-0.05, 0) is 77.0 Å². The second kappa shape index (κ2) is 62.2. The highest BCUT2D eigenvalue weighted by molar-refractivity contribution is 5.71. The molecule has 0 N–H and O–H groups in total. The maximum Gasteiger partial charge on any atom is 0.306 e. The SMILES string of the molecule is CCCCC/C=C\C/C=C\CCCCCCCCCCCC(=O)OC(COC(=O)CCCCCCCCCCC/C=C\CCCCCCCCCC)COC(=O)CCCCCCCCCCCCCCCCC. The van der Waals surface area contributed by atoms with Gasteiger partial charge in [-0.3, -0.25) is 14.4 Å². The largest absolute Gasteiger partial charge is 0.462 e. The number of esters is 3. The molecule has 0 aromatic rings. The molecule has 0 heterocycles. The second-order valence-electron chi connectivity index (χ2n) is 22.0. The fraction of sp³-hybridized carbons (Fsp3) is 0.866. The van der Waals surface area contributed by atoms with Gasteiger partial charge in [0.2, 0.25) is 0 Å². The number of ether oxygens (including phenoxy) is 3. The van der Waals surface area contributed by atoms with E-state index in [4.69, 9.17) is 14.2 Å². The van der Waals surface area contributed by atoms with Crippen molar-refractivity contribution >= 4 is 17.9 Å². The third kappa shape index (κ3) is 60.4. The fourth-order valence-electron chi connectivity index (χ4n) is 9.71. The molecular formula is C67H124O6. The van der Waals surface area contributed by atoms with E-state index in [1.54, 1.807) is 0 Å². The molecule has 1 atom stereocenters. The Morgan fingerprint density at radius 2 is 0.493 bits per heavy atom. The van der Waals surface area contributed by atoms with Gasteiger partial charge >= 0.3 is 17.9 Å². The molecule has 0 saturated heterocycles. The quantitative estimate of drug-likeness (QED) is 0.0261. The standard InChI is InChI=1S/C67H124O6/c1-4-7-10-13-16-19-22-25-28-30-32-33-35-36-39-42-45-48-51-54-57-60-66(69)72-63-64(62-71-65(68)59-56-53-50-47-44-41-38-27-24-21-18-15-12-9-6-3)73-67(70)61-58-55-52-49-46-43-40-37-34-31-29-26-23-20-17-14-11-8-5-2/h17,20,26,29-30,32,64H,4-16,18-19,21-25,27-28,31,33-63H2,1-3H3/b20-17-,29-26-,32-30-. The first kappa shape index (κ1) is 70.6. The van der Waals surface area contributed by atoms with Crippen LogP contribution in [0.25, 0.3) is 0 Å². The van der Waals surface area contributed by atoms with Crippen molar-refractivity contribution in [3.63, 3.8) is 0 Å². The number of unbranched alkanes of at least 4 members (excludes halogenated alkanes) is 43. The Balaban J connectivity index is 4.32. The van der Waals surface area contributed by atoms with E-state index in [2.05, 4.69) is 57.2 Å². The van der Waals surface area contributed by atoms with Gasteiger partial charge in [-0.15, -0.1) is 0 Å². The molecular weight excluding hydrogens is 901 g/mol. The van der Waals surface area contributed by atoms with Crippen LogP contribution in [-0.4, -0.2) is 37.2 Å². The molecule has 0 bridgehead atoms. The van der Waals surface area contributed by atoms with Crippen LogP contribution in [0.5, 0.6) is 0 Å². The third-order valence-corrected chi connectivity index (χ3v) is 14.6. The number of carbonyl (C=O) groups excluding carboxylic acids is 3. The van der Waals surface area contributed by atoms with Crippen molar-refractivity contribution in [1.29, 1.82) is 0 Å². The molecule has 0 aromatic carbocycles. The molecule has 0 aliphatic rings. The van der Waals surface area contributed by atoms with Crippen LogP contribution in [0.1, 0.15) is 355 Å². The van der Waals surface area contributed by atoms with Crippen molar-refractivity contribution in [3.8, 4) is 0 Å². The molecule has 0 rings (SSSR count). The molecule has 0 aromatic heterocycles. The zero-order valence-electron chi connectivity index (χ0n) is 49.2. The van der Waals surface area contributed by atoms with E-state index < -0.39 is 6.10 Å². The van der Waals surface area contributed by atoms with Crippen molar-refractivity contribution in [2.45, 2.75) is 361 Å². The Hall–Kier alpha value is -2.37. The molecule has 1 unspecified atom stereocenters. The van der Waals surface area contributed by atoms with E-state index in [1.165, 1.54) is 250 Å². The van der Waals surface area contributed by atoms with Crippen molar-refractivity contribution in [2.75, 3.05) is 13.2 Å². The van der Waals surface area contributed by atoms with Crippen LogP contribution in [0, 0.1) is 0 Å². The highest BCUT2D eigenvalue weighted by Crippen LogP contribution is 2.17. The number of allylic oxidation sites excluding steroid dienone is 6. The lowest BCUT2D eigenvalue weighted by Gasteiger charge is -2.18. The van der Waals surface area contributed by atoms with E-state index in [-0.39, 0.29) is 31.1 Å². The van der Waals surface area contributed by atoms with E-state index in [0.717, 1.165) is 64.2 Å². The Morgan fingerprint density at radius 3 is 0.795 bits per heavy atom. The monoisotopic (exact) mass is 1020 g/mol. The summed E-state index contributed by atoms with van der Waals surface area (Å²) in [5.41, 5.74) is 0. The third-order valence-electron chi connectivity index (χ3n) is 14.6. The van der Waals surface area contributed by atoms with Crippen molar-refractivity contribution in [1.82, 2.24) is 0 Å². The van der Waals surface area contributed by atoms with Crippen molar-refractivity contribution in [3.05, 3.63) is 36.5 Å². The Morgan fingerprint density at radius 1 is 0.274 bits per heavy atom. The van der Waals surface area contributed by atoms with Gasteiger partial charge in [-0.2, -0.15) is 0 Å². The van der Waals surface area contributed by atoms with Crippen LogP contribution in [0.2, 0.25) is 0 Å². The van der Waals surface area contributed by atoms with Gasteiger partial charge in [0.25, 0.3) is 0 Å². The predicted octanol–water partition coefficient (Wildman–Crippen LogP) is 22.0. The van der Waals surface area contributed by atoms with Crippen LogP contribution in [0.3, 0.4) is 0 Å². The van der Waals surface area contributed by atoms with E-state index in [1.807, 2.05) is 0 Å². The molecule has 428 valence electrons. The smallest absolute Gasteiger partial charge is 0.306 e. The zero-order chi connectivity index (χ0) is 52.9. The summed E-state index contributed by atoms with van der Waals surface area (Å²) in [5.74, 6) is -0.852. The first-order valence-electron chi connectivity index (χ1n) is 32.5. The van der Waals surface area contributed by atoms with Crippen molar-refractivity contribution < 1.29 is 28.6 Å². The van der Waals surface area contributed by atoms with Crippen molar-refractivity contribution in [2.24, 2.45) is 0 Å². The first-order valence-corrected chi connectivity index (χ1v) is 32.5. The summed E-state index contributed by atoms with van der Waals surface area (Å²) in [6.07, 6.45) is 75.7. The predicted molar refractivity (Wildman–Crippen MR) is 316 cm³/mol. The molecule has 0 radical (unpaired) electrons. The molecule has 6 heteroatoms. The van der Waals surface area contributed by atoms with E-state index in [9.17, 15) is 14.4 Å². The van der Waals surface area contributed by atoms with Gasteiger partial charge < -0.3 is 14.2 Å². The number of carbonyl (C=O) groups is 3. The minimum Gasteiger partial charge on any atom is -0.462 e. The number of hydrogen-bond acceptors (Lipinski definition) is 6. The fourth-order valence-corrected chi connectivity index (χ4v) is 9.71. The normalized spacial score (nSPS) is 12.2. The van der Waals surface area contributed by atoms with Crippen LogP contribution in [0.4, 0.5) is 0 Å². The van der Waals surface area contributed by atoms with Crippen LogP contribution in [0.15, 0.2) is 36.5 Å². The average molecular weight is 1030 g/mol. The maximum absolute atomic E-state index is 12.9. The van der Waals surface area contributed by atoms with Gasteiger partial charge in [-0.1, -0.05) is 295 Å². The van der Waals surface area contributed by atoms with Gasteiger partial charge in [0, 0.05) is 19.3 Å². The van der Waals surface area contributed by atoms with Crippen LogP contribution >= 0.6 is 0 Å². The summed E-state index contributed by atoms with van der Waals surface area (Å²) in [6, 6.07) is 0. The van der Waals surface area contributed by atoms with E-state index >= 15 is 0 Å². The van der Waals surface area contributed by atoms with Crippen LogP contribution < -0.4 is 0 Å². The van der Waals surface area contributed by atoms with Crippen LogP contribution in [-0.2, 0) is 28.6 Å². The van der Waals surface area contributed by atoms with Gasteiger partial charge in [0.1, 0.15) is 13.2 Å². The summed E-state index contributed by atoms with van der Waals surface area (Å²) in [5, 5.41) is 0. The Labute approximate surface area is 455 Å². The zero-order valence-corrected chi connectivity index (χ0v) is 49.2. The van der Waals surface area contributed by atoms with E-state index in [0.29, 0.717) is 19.3 Å². The Kier molecular flexibility index (Phi) is 60.2. The molecule has 0 saturated carbocycles. The number of hydrogen-bond donors (Lipinski definition) is 0. The summed E-state index contributed by atoms with van der Waals surface area (Å²) in [7, 11) is 0. The summed E-state index contributed by atoms with van der Waals surface area (Å²) in [6.45, 7) is 6.67. The lowest BCUT2D eigenvalue weighted by molar-refractivity contribution is -0.167. The summed E-state index contributed by atoms with van der Waals surface area (Å²) < 4.78 is 17.0. The van der Waals surface area contributed by atoms with Gasteiger partial charge in [0.15, 0.2) is 6.10 Å². The highest BCUT2D eigenvalue weighted by Gasteiger charge is 2.19. The highest BCUT2D eigenvalue weighted by atomic mass is 16.6. The minimum absolute atomic E-state index is 0.0700. The minimum atomic E-state index is -0.773. The molecule has 73 heavy (non-hydrogen) atoms. The topological polar surface area (TPSA) is 78.9 Å². The summed E-state index contributed by atoms with van der Waals surface area (Å²) >= 11 is 0. The second-order valence-corrected chi connectivity index (χ2v) is 22.0. The molecule has 6 nitrogen and oxygen atoms in total. The molecule has 0 amide bonds. The molecule has 0 fully saturated rings. The molecule has 0 spiro atoms. The van der Waals surface area contributed by atoms with Gasteiger partial charge in [0.05, 0.1) is 0 Å². The number of rotatable bonds is 60. The molecule has 0 aliphatic heterocycles. The average Bonchev–Trinajstić information content (AvgIpc) is 3.39. The van der Waals surface area contributed by atoms with Gasteiger partial charge in [-0.25, -0.2) is 0 Å². The lowest BCUT2D eigenvalue weighted by Crippen LogP contribution is -2.30. The molecule has 0 aliphatic carbocycles. The summed E-state index contributed by atoms with van der Waals surface area (Å²) in [4.78, 5) is 38.3. The Bertz CT molecular complexity index is 1220. The maximum atomic E-state index is 12.9.